The molecule has 0 aliphatic carbocycles. The monoisotopic (exact) mass is 154 g/mol. The molecule has 1 rings (SSSR count). The molecular formula is C8H14N2O. The summed E-state index contributed by atoms with van der Waals surface area (Å²) >= 11 is 0. The van der Waals surface area contributed by atoms with E-state index in [-0.39, 0.29) is 0 Å². The van der Waals surface area contributed by atoms with Crippen molar-refractivity contribution in [3.8, 4) is 5.88 Å². The zero-order valence-corrected chi connectivity index (χ0v) is 7.22. The Balaban J connectivity index is 2.39. The Kier molecular flexibility index (Phi) is 2.52. The van der Waals surface area contributed by atoms with Gasteiger partial charge in [-0.15, -0.1) is 5.10 Å². The van der Waals surface area contributed by atoms with Crippen LogP contribution >= 0.6 is 0 Å². The van der Waals surface area contributed by atoms with Crippen LogP contribution in [-0.2, 0) is 0 Å². The van der Waals surface area contributed by atoms with Crippen LogP contribution in [-0.4, -0.2) is 16.8 Å². The van der Waals surface area contributed by atoms with E-state index in [0.717, 1.165) is 12.3 Å². The van der Waals surface area contributed by atoms with Crippen LogP contribution in [0.2, 0.25) is 0 Å². The van der Waals surface area contributed by atoms with E-state index in [1.165, 1.54) is 0 Å². The number of aromatic amines is 1. The summed E-state index contributed by atoms with van der Waals surface area (Å²) in [5, 5.41) is 6.76. The van der Waals surface area contributed by atoms with Crippen LogP contribution in [0.5, 0.6) is 5.88 Å². The summed E-state index contributed by atoms with van der Waals surface area (Å²) in [7, 11) is 0. The van der Waals surface area contributed by atoms with Crippen molar-refractivity contribution in [1.82, 2.24) is 10.2 Å². The quantitative estimate of drug-likeness (QED) is 0.720. The van der Waals surface area contributed by atoms with Crippen molar-refractivity contribution >= 4 is 0 Å². The molecule has 0 bridgehead atoms. The second-order valence-corrected chi connectivity index (χ2v) is 3.09. The van der Waals surface area contributed by atoms with Crippen molar-refractivity contribution in [2.24, 2.45) is 5.92 Å². The first-order chi connectivity index (χ1) is 5.18. The molecule has 1 heterocycles. The fourth-order valence-corrected chi connectivity index (χ4v) is 0.719. The van der Waals surface area contributed by atoms with Crippen molar-refractivity contribution in [3.05, 3.63) is 11.8 Å². The van der Waals surface area contributed by atoms with Crippen molar-refractivity contribution < 1.29 is 4.74 Å². The highest BCUT2D eigenvalue weighted by atomic mass is 16.5. The highest BCUT2D eigenvalue weighted by Gasteiger charge is 1.99. The van der Waals surface area contributed by atoms with E-state index in [0.29, 0.717) is 11.8 Å². The van der Waals surface area contributed by atoms with Gasteiger partial charge in [0.1, 0.15) is 0 Å². The van der Waals surface area contributed by atoms with E-state index in [2.05, 4.69) is 24.0 Å². The maximum Gasteiger partial charge on any atom is 0.232 e. The lowest BCUT2D eigenvalue weighted by Crippen LogP contribution is -2.04. The predicted molar refractivity (Wildman–Crippen MR) is 43.7 cm³/mol. The second kappa shape index (κ2) is 3.42. The molecule has 1 aromatic rings. The smallest absolute Gasteiger partial charge is 0.232 e. The van der Waals surface area contributed by atoms with Gasteiger partial charge in [-0.1, -0.05) is 13.8 Å². The van der Waals surface area contributed by atoms with Gasteiger partial charge in [-0.05, 0) is 12.8 Å². The van der Waals surface area contributed by atoms with Crippen LogP contribution in [0.1, 0.15) is 19.5 Å². The van der Waals surface area contributed by atoms with Crippen molar-refractivity contribution in [3.63, 3.8) is 0 Å². The minimum Gasteiger partial charge on any atom is -0.476 e. The van der Waals surface area contributed by atoms with E-state index in [1.54, 1.807) is 0 Å². The van der Waals surface area contributed by atoms with Gasteiger partial charge >= 0.3 is 0 Å². The summed E-state index contributed by atoms with van der Waals surface area (Å²) in [6, 6.07) is 1.89. The molecule has 11 heavy (non-hydrogen) atoms. The van der Waals surface area contributed by atoms with Gasteiger partial charge < -0.3 is 4.74 Å². The zero-order valence-electron chi connectivity index (χ0n) is 7.22. The lowest BCUT2D eigenvalue weighted by Gasteiger charge is -2.03. The first-order valence-corrected chi connectivity index (χ1v) is 3.83. The molecule has 1 N–H and O–H groups in total. The number of hydrogen-bond donors (Lipinski definition) is 1. The van der Waals surface area contributed by atoms with Gasteiger partial charge in [-0.25, -0.2) is 0 Å². The number of hydrogen-bond acceptors (Lipinski definition) is 2. The third-order valence-electron chi connectivity index (χ3n) is 1.25. The Bertz CT molecular complexity index is 218. The molecule has 0 aromatic carbocycles. The summed E-state index contributed by atoms with van der Waals surface area (Å²) in [6.45, 7) is 6.90. The molecule has 0 unspecified atom stereocenters. The highest BCUT2D eigenvalue weighted by Crippen LogP contribution is 2.07. The van der Waals surface area contributed by atoms with Gasteiger partial charge in [0.25, 0.3) is 0 Å². The summed E-state index contributed by atoms with van der Waals surface area (Å²) in [5.41, 5.74) is 1.03. The predicted octanol–water partition coefficient (Wildman–Crippen LogP) is 1.75. The van der Waals surface area contributed by atoms with E-state index >= 15 is 0 Å². The molecular weight excluding hydrogens is 140 g/mol. The number of ether oxygens (including phenoxy) is 1. The Hall–Kier alpha value is -0.990. The molecule has 1 aromatic heterocycles. The molecule has 0 fully saturated rings. The highest BCUT2D eigenvalue weighted by molar-refractivity contribution is 5.12. The number of aromatic nitrogens is 2. The summed E-state index contributed by atoms with van der Waals surface area (Å²) in [4.78, 5) is 0. The minimum absolute atomic E-state index is 0.548. The molecule has 0 spiro atoms. The van der Waals surface area contributed by atoms with Crippen LogP contribution < -0.4 is 4.74 Å². The molecule has 62 valence electrons. The second-order valence-electron chi connectivity index (χ2n) is 3.09. The van der Waals surface area contributed by atoms with Gasteiger partial charge in [-0.3, -0.25) is 5.10 Å². The number of nitrogens with zero attached hydrogens (tertiary/aromatic N) is 1. The fraction of sp³-hybridized carbons (Fsp3) is 0.625. The van der Waals surface area contributed by atoms with Gasteiger partial charge in [0, 0.05) is 11.8 Å². The first-order valence-electron chi connectivity index (χ1n) is 3.83. The van der Waals surface area contributed by atoms with Gasteiger partial charge in [0.2, 0.25) is 5.88 Å². The maximum atomic E-state index is 5.35. The average molecular weight is 154 g/mol. The summed E-state index contributed by atoms with van der Waals surface area (Å²) in [5.74, 6) is 1.24. The first kappa shape index (κ1) is 8.11. The molecule has 0 radical (unpaired) electrons. The average Bonchev–Trinajstić information content (AvgIpc) is 2.31. The van der Waals surface area contributed by atoms with Gasteiger partial charge in [0.05, 0.1) is 6.61 Å². The van der Waals surface area contributed by atoms with Crippen molar-refractivity contribution in [2.75, 3.05) is 6.61 Å². The molecule has 0 aliphatic heterocycles. The molecule has 0 amide bonds. The fourth-order valence-electron chi connectivity index (χ4n) is 0.719. The Morgan fingerprint density at radius 2 is 2.36 bits per heavy atom. The summed E-state index contributed by atoms with van der Waals surface area (Å²) in [6.07, 6.45) is 0. The third kappa shape index (κ3) is 2.62. The Morgan fingerprint density at radius 1 is 1.64 bits per heavy atom. The Labute approximate surface area is 66.8 Å². The number of nitrogens with one attached hydrogen (secondary N) is 1. The summed E-state index contributed by atoms with van der Waals surface area (Å²) < 4.78 is 5.35. The third-order valence-corrected chi connectivity index (χ3v) is 1.25. The van der Waals surface area contributed by atoms with Crippen LogP contribution in [0.15, 0.2) is 6.07 Å². The molecule has 0 aliphatic rings. The SMILES string of the molecule is Cc1cc(OCC(C)C)n[nH]1. The topological polar surface area (TPSA) is 37.9 Å². The van der Waals surface area contributed by atoms with Crippen molar-refractivity contribution in [1.29, 1.82) is 0 Å². The molecule has 3 heteroatoms. The van der Waals surface area contributed by atoms with Gasteiger partial charge in [-0.2, -0.15) is 0 Å². The molecule has 0 saturated heterocycles. The van der Waals surface area contributed by atoms with E-state index in [1.807, 2.05) is 13.0 Å². The van der Waals surface area contributed by atoms with Crippen LogP contribution in [0.25, 0.3) is 0 Å². The Morgan fingerprint density at radius 3 is 2.82 bits per heavy atom. The standard InChI is InChI=1S/C8H14N2O/c1-6(2)5-11-8-4-7(3)9-10-8/h4,6H,5H2,1-3H3,(H,9,10). The maximum absolute atomic E-state index is 5.35. The zero-order chi connectivity index (χ0) is 8.27. The molecule has 3 nitrogen and oxygen atoms in total. The van der Waals surface area contributed by atoms with Gasteiger partial charge in [0.15, 0.2) is 0 Å². The number of rotatable bonds is 3. The van der Waals surface area contributed by atoms with Crippen molar-refractivity contribution in [2.45, 2.75) is 20.8 Å². The van der Waals surface area contributed by atoms with E-state index in [9.17, 15) is 0 Å². The lowest BCUT2D eigenvalue weighted by molar-refractivity contribution is 0.261. The van der Waals surface area contributed by atoms with E-state index in [4.69, 9.17) is 4.74 Å². The molecule has 0 atom stereocenters. The van der Waals surface area contributed by atoms with E-state index < -0.39 is 0 Å². The normalized spacial score (nSPS) is 10.5. The number of aryl methyl sites for hydroxylation is 1. The lowest BCUT2D eigenvalue weighted by atomic mass is 10.2. The number of H-pyrrole nitrogens is 1. The largest absolute Gasteiger partial charge is 0.476 e. The minimum atomic E-state index is 0.548. The van der Waals surface area contributed by atoms with Crippen LogP contribution in [0.3, 0.4) is 0 Å². The van der Waals surface area contributed by atoms with Crippen LogP contribution in [0.4, 0.5) is 0 Å². The molecule has 0 saturated carbocycles. The van der Waals surface area contributed by atoms with Crippen LogP contribution in [0, 0.1) is 12.8 Å².